The molecule has 31 heavy (non-hydrogen) atoms. The second kappa shape index (κ2) is 9.47. The van der Waals surface area contributed by atoms with E-state index in [-0.39, 0.29) is 0 Å². The van der Waals surface area contributed by atoms with Crippen LogP contribution in [0.25, 0.3) is 0 Å². The maximum absolute atomic E-state index is 11.2. The van der Waals surface area contributed by atoms with Crippen LogP contribution in [0.3, 0.4) is 0 Å². The maximum atomic E-state index is 11.2. The zero-order chi connectivity index (χ0) is 22.6. The Hall–Kier alpha value is -2.93. The summed E-state index contributed by atoms with van der Waals surface area (Å²) in [6.07, 6.45) is 2.39. The van der Waals surface area contributed by atoms with Crippen LogP contribution in [0.2, 0.25) is 0 Å². The van der Waals surface area contributed by atoms with Gasteiger partial charge in [0.1, 0.15) is 5.75 Å². The Labute approximate surface area is 187 Å². The molecule has 0 aliphatic rings. The molecule has 1 N–H and O–H groups in total. The van der Waals surface area contributed by atoms with Crippen LogP contribution >= 0.6 is 12.2 Å². The zero-order valence-corrected chi connectivity index (χ0v) is 19.2. The van der Waals surface area contributed by atoms with E-state index < -0.39 is 11.6 Å². The van der Waals surface area contributed by atoms with Crippen molar-refractivity contribution in [1.29, 1.82) is 0 Å². The van der Waals surface area contributed by atoms with E-state index in [9.17, 15) is 4.79 Å². The van der Waals surface area contributed by atoms with E-state index >= 15 is 0 Å². The van der Waals surface area contributed by atoms with Gasteiger partial charge in [0.25, 0.3) is 4.84 Å². The predicted molar refractivity (Wildman–Crippen MR) is 121 cm³/mol. The molecule has 3 rings (SSSR count). The summed E-state index contributed by atoms with van der Waals surface area (Å²) in [7, 11) is 0. The van der Waals surface area contributed by atoms with Gasteiger partial charge in [-0.1, -0.05) is 30.3 Å². The molecule has 0 unspecified atom stereocenters. The molecule has 0 aliphatic carbocycles. The maximum Gasteiger partial charge on any atom is 0.347 e. The highest BCUT2D eigenvalue weighted by atomic mass is 32.1. The number of benzene rings is 2. The highest BCUT2D eigenvalue weighted by Crippen LogP contribution is 2.20. The quantitative estimate of drug-likeness (QED) is 0.456. The van der Waals surface area contributed by atoms with Gasteiger partial charge in [0, 0.05) is 6.42 Å². The van der Waals surface area contributed by atoms with Crippen LogP contribution in [0.4, 0.5) is 0 Å². The lowest BCUT2D eigenvalue weighted by Gasteiger charge is -2.21. The lowest BCUT2D eigenvalue weighted by atomic mass is 10.1. The molecule has 0 spiro atoms. The molecule has 164 valence electrons. The Morgan fingerprint density at radius 1 is 1.10 bits per heavy atom. The van der Waals surface area contributed by atoms with Crippen LogP contribution in [-0.4, -0.2) is 26.5 Å². The minimum Gasteiger partial charge on any atom is -0.478 e. The van der Waals surface area contributed by atoms with Crippen molar-refractivity contribution < 1.29 is 19.1 Å². The topological polar surface area (TPSA) is 77.5 Å². The molecular formula is C24H28N2O4S. The van der Waals surface area contributed by atoms with E-state index in [0.29, 0.717) is 29.4 Å². The van der Waals surface area contributed by atoms with Crippen molar-refractivity contribution >= 4 is 18.2 Å². The van der Waals surface area contributed by atoms with Gasteiger partial charge in [-0.25, -0.2) is 9.48 Å². The summed E-state index contributed by atoms with van der Waals surface area (Å²) in [5.74, 6) is 0.169. The van der Waals surface area contributed by atoms with Crippen molar-refractivity contribution in [1.82, 2.24) is 9.78 Å². The number of ether oxygens (including phenoxy) is 1. The summed E-state index contributed by atoms with van der Waals surface area (Å²) in [6.45, 7) is 7.84. The van der Waals surface area contributed by atoms with Crippen LogP contribution in [0.5, 0.6) is 5.75 Å². The van der Waals surface area contributed by atoms with Gasteiger partial charge in [0.15, 0.2) is 5.60 Å². The van der Waals surface area contributed by atoms with E-state index in [1.54, 1.807) is 16.8 Å². The first-order chi connectivity index (χ1) is 14.6. The summed E-state index contributed by atoms with van der Waals surface area (Å²) in [5, 5.41) is 13.7. The summed E-state index contributed by atoms with van der Waals surface area (Å²) in [4.78, 5) is 11.6. The van der Waals surface area contributed by atoms with Crippen molar-refractivity contribution in [3.8, 4) is 5.75 Å². The first-order valence-electron chi connectivity index (χ1n) is 10.3. The Morgan fingerprint density at radius 2 is 1.77 bits per heavy atom. The number of hydrogen-bond acceptors (Lipinski definition) is 5. The number of aromatic nitrogens is 2. The molecule has 0 radical (unpaired) electrons. The number of rotatable bonds is 9. The van der Waals surface area contributed by atoms with Crippen LogP contribution in [0, 0.1) is 18.7 Å². The summed E-state index contributed by atoms with van der Waals surface area (Å²) >= 11 is 5.33. The Bertz CT molecular complexity index is 1110. The van der Waals surface area contributed by atoms with Gasteiger partial charge in [-0.15, -0.1) is 5.10 Å². The van der Waals surface area contributed by atoms with E-state index in [1.807, 2.05) is 12.1 Å². The van der Waals surface area contributed by atoms with Crippen molar-refractivity contribution in [2.24, 2.45) is 0 Å². The molecule has 2 aromatic carbocycles. The van der Waals surface area contributed by atoms with E-state index in [1.165, 1.54) is 25.0 Å². The summed E-state index contributed by atoms with van der Waals surface area (Å²) in [6, 6.07) is 13.8. The van der Waals surface area contributed by atoms with Crippen molar-refractivity contribution in [2.75, 3.05) is 0 Å². The Balaban J connectivity index is 1.54. The average Bonchev–Trinajstić information content (AvgIpc) is 3.05. The minimum absolute atomic E-state index is 0.385. The fourth-order valence-electron chi connectivity index (χ4n) is 3.13. The van der Waals surface area contributed by atoms with Crippen molar-refractivity contribution in [2.45, 2.75) is 59.1 Å². The summed E-state index contributed by atoms with van der Waals surface area (Å²) in [5.41, 5.74) is 3.52. The smallest absolute Gasteiger partial charge is 0.347 e. The number of hydrogen-bond donors (Lipinski definition) is 1. The van der Waals surface area contributed by atoms with Gasteiger partial charge in [-0.3, -0.25) is 0 Å². The molecule has 0 atom stereocenters. The third kappa shape index (κ3) is 6.04. The van der Waals surface area contributed by atoms with E-state index in [4.69, 9.17) is 26.5 Å². The van der Waals surface area contributed by atoms with Gasteiger partial charge in [0.05, 0.1) is 6.54 Å². The fourth-order valence-corrected chi connectivity index (χ4v) is 3.33. The molecule has 7 heteroatoms. The summed E-state index contributed by atoms with van der Waals surface area (Å²) < 4.78 is 12.9. The normalized spacial score (nSPS) is 11.5. The molecule has 0 saturated heterocycles. The molecular weight excluding hydrogens is 412 g/mol. The number of carboxylic acid groups (broad SMARTS) is 1. The van der Waals surface area contributed by atoms with E-state index in [2.05, 4.69) is 37.1 Å². The highest BCUT2D eigenvalue weighted by molar-refractivity contribution is 7.71. The largest absolute Gasteiger partial charge is 0.478 e. The van der Waals surface area contributed by atoms with Gasteiger partial charge in [-0.2, -0.15) is 0 Å². The lowest BCUT2D eigenvalue weighted by Crippen LogP contribution is -2.37. The molecule has 0 aliphatic heterocycles. The number of carbonyl (C=O) groups is 1. The van der Waals surface area contributed by atoms with Crippen LogP contribution in [-0.2, 0) is 24.2 Å². The van der Waals surface area contributed by atoms with Gasteiger partial charge >= 0.3 is 5.97 Å². The van der Waals surface area contributed by atoms with Gasteiger partial charge in [0.2, 0.25) is 5.89 Å². The second-order valence-corrected chi connectivity index (χ2v) is 8.60. The molecule has 0 amide bonds. The lowest BCUT2D eigenvalue weighted by molar-refractivity contribution is -0.152. The average molecular weight is 441 g/mol. The third-order valence-corrected chi connectivity index (χ3v) is 5.51. The van der Waals surface area contributed by atoms with Gasteiger partial charge < -0.3 is 14.3 Å². The standard InChI is InChI=1S/C24H28N2O4S/c1-16-8-9-19(14-17(16)2)15-26-23(31)29-21(25-26)7-5-6-18-10-12-20(13-11-18)30-24(3,4)22(27)28/h8-14H,5-7,15H2,1-4H3,(H,27,28). The molecule has 6 nitrogen and oxygen atoms in total. The molecule has 0 bridgehead atoms. The Kier molecular flexibility index (Phi) is 6.95. The number of aryl methyl sites for hydroxylation is 4. The number of carboxylic acids is 1. The van der Waals surface area contributed by atoms with Crippen molar-refractivity contribution in [3.63, 3.8) is 0 Å². The molecule has 1 aromatic heterocycles. The van der Waals surface area contributed by atoms with Crippen LogP contribution in [0.15, 0.2) is 46.9 Å². The Morgan fingerprint density at radius 3 is 2.42 bits per heavy atom. The molecule has 0 fully saturated rings. The zero-order valence-electron chi connectivity index (χ0n) is 18.3. The highest BCUT2D eigenvalue weighted by Gasteiger charge is 2.29. The van der Waals surface area contributed by atoms with E-state index in [0.717, 1.165) is 24.0 Å². The van der Waals surface area contributed by atoms with Crippen LogP contribution in [0.1, 0.15) is 48.4 Å². The van der Waals surface area contributed by atoms with Gasteiger partial charge in [-0.05, 0) is 87.1 Å². The molecule has 3 aromatic rings. The monoisotopic (exact) mass is 440 g/mol. The second-order valence-electron chi connectivity index (χ2n) is 8.25. The van der Waals surface area contributed by atoms with Crippen LogP contribution < -0.4 is 4.74 Å². The first kappa shape index (κ1) is 22.7. The SMILES string of the molecule is Cc1ccc(Cn2nc(CCCc3ccc(OC(C)(C)C(=O)O)cc3)oc2=S)cc1C. The first-order valence-corrected chi connectivity index (χ1v) is 10.7. The minimum atomic E-state index is -1.26. The molecule has 1 heterocycles. The number of aliphatic carboxylic acids is 1. The number of nitrogens with zero attached hydrogens (tertiary/aromatic N) is 2. The molecule has 0 saturated carbocycles. The fraction of sp³-hybridized carbons (Fsp3) is 0.375. The third-order valence-electron chi connectivity index (χ3n) is 5.22. The predicted octanol–water partition coefficient (Wildman–Crippen LogP) is 5.29. The van der Waals surface area contributed by atoms with Crippen molar-refractivity contribution in [3.05, 3.63) is 75.4 Å².